The van der Waals surface area contributed by atoms with Crippen LogP contribution >= 0.6 is 11.6 Å². The molecule has 0 radical (unpaired) electrons. The predicted molar refractivity (Wildman–Crippen MR) is 113 cm³/mol. The lowest BCUT2D eigenvalue weighted by atomic mass is 10.0. The van der Waals surface area contributed by atoms with Crippen molar-refractivity contribution in [1.29, 1.82) is 0 Å². The number of nitrogens with zero attached hydrogens (tertiary/aromatic N) is 5. The Morgan fingerprint density at radius 3 is 2.47 bits per heavy atom. The molecule has 0 aliphatic rings. The van der Waals surface area contributed by atoms with Gasteiger partial charge in [0, 0.05) is 60.3 Å². The highest BCUT2D eigenvalue weighted by Crippen LogP contribution is 2.30. The molecule has 4 aromatic rings. The second kappa shape index (κ2) is 8.67. The minimum Gasteiger partial charge on any atom is -0.420 e. The van der Waals surface area contributed by atoms with Gasteiger partial charge in [-0.1, -0.05) is 0 Å². The fourth-order valence-corrected chi connectivity index (χ4v) is 3.09. The summed E-state index contributed by atoms with van der Waals surface area (Å²) in [7, 11) is 1.79. The molecule has 11 heteroatoms. The van der Waals surface area contributed by atoms with Gasteiger partial charge in [0.25, 0.3) is 5.91 Å². The zero-order valence-corrected chi connectivity index (χ0v) is 17.3. The third-order valence-electron chi connectivity index (χ3n) is 4.43. The molecule has 0 bridgehead atoms. The number of nitrogens with one attached hydrogen (secondary N) is 1. The highest BCUT2D eigenvalue weighted by atomic mass is 35.5. The Morgan fingerprint density at radius 1 is 1.12 bits per heavy atom. The van der Waals surface area contributed by atoms with Crippen molar-refractivity contribution in [3.05, 3.63) is 73.1 Å². The Hall–Kier alpha value is -3.92. The lowest BCUT2D eigenvalue weighted by molar-refractivity contribution is -0.0964. The van der Waals surface area contributed by atoms with E-state index in [9.17, 15) is 13.6 Å². The van der Waals surface area contributed by atoms with Crippen LogP contribution in [0.1, 0.15) is 10.4 Å². The molecule has 0 spiro atoms. The van der Waals surface area contributed by atoms with E-state index in [2.05, 4.69) is 30.1 Å². The summed E-state index contributed by atoms with van der Waals surface area (Å²) in [5.41, 5.74) is -0.474. The van der Waals surface area contributed by atoms with Crippen LogP contribution in [0.5, 0.6) is 5.75 Å². The number of carbonyl (C=O) groups is 1. The van der Waals surface area contributed by atoms with E-state index in [4.69, 9.17) is 11.6 Å². The predicted octanol–water partition coefficient (Wildman–Crippen LogP) is 4.36. The molecule has 8 nitrogen and oxygen atoms in total. The number of carbonyl (C=O) groups excluding carboxylic acids is 1. The number of ether oxygens (including phenoxy) is 1. The topological polar surface area (TPSA) is 94.8 Å². The SMILES string of the molecule is Cn1nccc1-c1ncc(C(=O)Nc2ccc(OC(F)(F)Cl)cc2)cc1-c1cncnc1. The van der Waals surface area contributed by atoms with Gasteiger partial charge in [-0.3, -0.25) is 14.5 Å². The summed E-state index contributed by atoms with van der Waals surface area (Å²) in [5.74, 6) is -0.583. The summed E-state index contributed by atoms with van der Waals surface area (Å²) in [5, 5.41) is 6.86. The van der Waals surface area contributed by atoms with Crippen LogP contribution in [-0.4, -0.2) is 36.2 Å². The molecule has 1 N–H and O–H groups in total. The largest absolute Gasteiger partial charge is 0.487 e. The number of anilines is 1. The van der Waals surface area contributed by atoms with Gasteiger partial charge < -0.3 is 10.1 Å². The second-order valence-corrected chi connectivity index (χ2v) is 7.05. The van der Waals surface area contributed by atoms with Gasteiger partial charge >= 0.3 is 5.57 Å². The van der Waals surface area contributed by atoms with Gasteiger partial charge in [0.05, 0.1) is 17.0 Å². The number of benzene rings is 1. The summed E-state index contributed by atoms with van der Waals surface area (Å²) in [6.45, 7) is 0. The summed E-state index contributed by atoms with van der Waals surface area (Å²) in [6.07, 6.45) is 7.74. The minimum absolute atomic E-state index is 0.142. The van der Waals surface area contributed by atoms with E-state index < -0.39 is 11.5 Å². The van der Waals surface area contributed by atoms with E-state index in [-0.39, 0.29) is 11.3 Å². The Balaban J connectivity index is 1.63. The normalized spacial score (nSPS) is 11.2. The highest BCUT2D eigenvalue weighted by Gasteiger charge is 2.27. The lowest BCUT2D eigenvalue weighted by Crippen LogP contribution is -2.16. The first-order valence-electron chi connectivity index (χ1n) is 9.21. The van der Waals surface area contributed by atoms with Gasteiger partial charge in [0.1, 0.15) is 12.1 Å². The monoisotopic (exact) mass is 456 g/mol. The number of rotatable bonds is 6. The van der Waals surface area contributed by atoms with Crippen LogP contribution in [0.4, 0.5) is 14.5 Å². The van der Waals surface area contributed by atoms with Crippen molar-refractivity contribution < 1.29 is 18.3 Å². The number of alkyl halides is 3. The number of hydrogen-bond acceptors (Lipinski definition) is 6. The molecule has 162 valence electrons. The van der Waals surface area contributed by atoms with Crippen molar-refractivity contribution in [2.24, 2.45) is 7.05 Å². The van der Waals surface area contributed by atoms with Crippen molar-refractivity contribution in [2.45, 2.75) is 5.57 Å². The van der Waals surface area contributed by atoms with E-state index in [1.165, 1.54) is 36.8 Å². The van der Waals surface area contributed by atoms with E-state index >= 15 is 0 Å². The number of aromatic nitrogens is 5. The van der Waals surface area contributed by atoms with Crippen LogP contribution in [-0.2, 0) is 7.05 Å². The average Bonchev–Trinajstić information content (AvgIpc) is 3.20. The zero-order valence-electron chi connectivity index (χ0n) is 16.5. The van der Waals surface area contributed by atoms with E-state index in [0.717, 1.165) is 5.69 Å². The number of aryl methyl sites for hydroxylation is 1. The average molecular weight is 457 g/mol. The molecule has 0 aliphatic carbocycles. The summed E-state index contributed by atoms with van der Waals surface area (Å²) in [6, 6.07) is 8.85. The maximum atomic E-state index is 12.8. The van der Waals surface area contributed by atoms with Gasteiger partial charge in [-0.05, 0) is 36.4 Å². The molecule has 4 rings (SSSR count). The van der Waals surface area contributed by atoms with Gasteiger partial charge in [0.15, 0.2) is 0 Å². The first-order valence-corrected chi connectivity index (χ1v) is 9.59. The first-order chi connectivity index (χ1) is 15.3. The standard InChI is InChI=1S/C21H15ClF2N6O2/c1-30-18(6-7-28-30)19-17(14-9-25-12-26-10-14)8-13(11-27-19)20(31)29-15-2-4-16(5-3-15)32-21(22,23)24/h2-12H,1H3,(H,29,31). The second-order valence-electron chi connectivity index (χ2n) is 6.61. The van der Waals surface area contributed by atoms with Crippen molar-refractivity contribution in [3.63, 3.8) is 0 Å². The Labute approximate surface area is 185 Å². The molecule has 0 fully saturated rings. The van der Waals surface area contributed by atoms with Crippen molar-refractivity contribution in [2.75, 3.05) is 5.32 Å². The third kappa shape index (κ3) is 4.86. The molecular formula is C21H15ClF2N6O2. The third-order valence-corrected chi connectivity index (χ3v) is 4.51. The van der Waals surface area contributed by atoms with Gasteiger partial charge in [-0.25, -0.2) is 9.97 Å². The smallest absolute Gasteiger partial charge is 0.420 e. The van der Waals surface area contributed by atoms with Crippen LogP contribution < -0.4 is 10.1 Å². The van der Waals surface area contributed by atoms with Gasteiger partial charge in [0.2, 0.25) is 0 Å². The van der Waals surface area contributed by atoms with Gasteiger partial charge in [-0.15, -0.1) is 8.78 Å². The van der Waals surface area contributed by atoms with E-state index in [1.807, 2.05) is 6.07 Å². The highest BCUT2D eigenvalue weighted by molar-refractivity contribution is 6.20. The molecule has 0 aliphatic heterocycles. The number of pyridine rings is 1. The summed E-state index contributed by atoms with van der Waals surface area (Å²) < 4.78 is 31.4. The summed E-state index contributed by atoms with van der Waals surface area (Å²) >= 11 is 4.75. The van der Waals surface area contributed by atoms with Crippen LogP contribution in [0, 0.1) is 0 Å². The van der Waals surface area contributed by atoms with Crippen LogP contribution in [0.25, 0.3) is 22.5 Å². The van der Waals surface area contributed by atoms with Crippen LogP contribution in [0.2, 0.25) is 0 Å². The molecule has 0 saturated heterocycles. The minimum atomic E-state index is -3.82. The Kier molecular flexibility index (Phi) is 5.78. The fraction of sp³-hybridized carbons (Fsp3) is 0.0952. The quantitative estimate of drug-likeness (QED) is 0.433. The maximum Gasteiger partial charge on any atom is 0.487 e. The van der Waals surface area contributed by atoms with Crippen LogP contribution in [0.15, 0.2) is 67.5 Å². The molecule has 1 amide bonds. The van der Waals surface area contributed by atoms with E-state index in [1.54, 1.807) is 36.4 Å². The molecule has 0 saturated carbocycles. The number of halogens is 3. The number of amides is 1. The summed E-state index contributed by atoms with van der Waals surface area (Å²) in [4.78, 5) is 25.4. The van der Waals surface area contributed by atoms with E-state index in [0.29, 0.717) is 22.5 Å². The molecular weight excluding hydrogens is 442 g/mol. The Bertz CT molecular complexity index is 1240. The molecule has 0 unspecified atom stereocenters. The van der Waals surface area contributed by atoms with Crippen molar-refractivity contribution in [3.8, 4) is 28.3 Å². The van der Waals surface area contributed by atoms with Crippen molar-refractivity contribution >= 4 is 23.2 Å². The number of hydrogen-bond donors (Lipinski definition) is 1. The fourth-order valence-electron chi connectivity index (χ4n) is 3.00. The van der Waals surface area contributed by atoms with Crippen molar-refractivity contribution in [1.82, 2.24) is 24.7 Å². The molecule has 32 heavy (non-hydrogen) atoms. The Morgan fingerprint density at radius 2 is 1.84 bits per heavy atom. The first kappa shape index (κ1) is 21.3. The molecule has 1 aromatic carbocycles. The molecule has 3 aromatic heterocycles. The molecule has 3 heterocycles. The van der Waals surface area contributed by atoms with Crippen LogP contribution in [0.3, 0.4) is 0 Å². The zero-order chi connectivity index (χ0) is 22.7. The van der Waals surface area contributed by atoms with Gasteiger partial charge in [-0.2, -0.15) is 5.10 Å². The lowest BCUT2D eigenvalue weighted by Gasteiger charge is -2.12. The maximum absolute atomic E-state index is 12.8. The molecule has 0 atom stereocenters.